The van der Waals surface area contributed by atoms with E-state index in [1.807, 2.05) is 27.7 Å². The summed E-state index contributed by atoms with van der Waals surface area (Å²) in [5, 5.41) is 13.1. The minimum atomic E-state index is -0.891. The normalized spacial score (nSPS) is 11.3. The molecular weight excluding hydrogens is 244 g/mol. The Balaban J connectivity index is 3.16. The molecule has 1 aromatic rings. The van der Waals surface area contributed by atoms with Crippen molar-refractivity contribution in [2.75, 3.05) is 0 Å². The largest absolute Gasteiger partial charge is 0.481 e. The molecule has 106 valence electrons. The number of rotatable bonds is 6. The van der Waals surface area contributed by atoms with Crippen LogP contribution in [0.3, 0.4) is 0 Å². The summed E-state index contributed by atoms with van der Waals surface area (Å²) in [6.07, 6.45) is 0.229. The predicted molar refractivity (Wildman–Crippen MR) is 73.4 cm³/mol. The van der Waals surface area contributed by atoms with Gasteiger partial charge in [0.15, 0.2) is 0 Å². The second kappa shape index (κ2) is 6.50. The maximum Gasteiger partial charge on any atom is 0.303 e. The third-order valence-electron chi connectivity index (χ3n) is 2.81. The minimum absolute atomic E-state index is 0.0293. The second-order valence-corrected chi connectivity index (χ2v) is 5.52. The Morgan fingerprint density at radius 1 is 1.37 bits per heavy atom. The standard InChI is InChI=1S/C14H22N2O3/c1-9(2)8-16-14(19)11(5-6-13(17)18)7-12(15-16)10(3)4/h7,9-10H,5-6,8H2,1-4H3,(H,17,18). The summed E-state index contributed by atoms with van der Waals surface area (Å²) < 4.78 is 1.47. The van der Waals surface area contributed by atoms with Gasteiger partial charge in [0.05, 0.1) is 5.69 Å². The van der Waals surface area contributed by atoms with Crippen molar-refractivity contribution in [3.63, 3.8) is 0 Å². The first kappa shape index (κ1) is 15.4. The van der Waals surface area contributed by atoms with Crippen molar-refractivity contribution in [3.05, 3.63) is 27.7 Å². The summed E-state index contributed by atoms with van der Waals surface area (Å²) in [5.41, 5.74) is 1.21. The molecule has 0 saturated heterocycles. The van der Waals surface area contributed by atoms with E-state index in [2.05, 4.69) is 5.10 Å². The van der Waals surface area contributed by atoms with Crippen LogP contribution in [0.15, 0.2) is 10.9 Å². The molecule has 5 heteroatoms. The molecule has 0 radical (unpaired) electrons. The van der Waals surface area contributed by atoms with Crippen LogP contribution in [-0.4, -0.2) is 20.9 Å². The molecule has 0 aliphatic carbocycles. The van der Waals surface area contributed by atoms with Crippen LogP contribution in [0.4, 0.5) is 0 Å². The van der Waals surface area contributed by atoms with Gasteiger partial charge in [-0.15, -0.1) is 0 Å². The molecule has 1 rings (SSSR count). The average Bonchev–Trinajstić information content (AvgIpc) is 2.29. The van der Waals surface area contributed by atoms with E-state index in [0.717, 1.165) is 5.69 Å². The van der Waals surface area contributed by atoms with E-state index in [-0.39, 0.29) is 24.3 Å². The third kappa shape index (κ3) is 4.50. The van der Waals surface area contributed by atoms with E-state index in [1.165, 1.54) is 4.68 Å². The Morgan fingerprint density at radius 2 is 2.00 bits per heavy atom. The third-order valence-corrected chi connectivity index (χ3v) is 2.81. The molecule has 0 aromatic carbocycles. The van der Waals surface area contributed by atoms with Crippen LogP contribution >= 0.6 is 0 Å². The maximum absolute atomic E-state index is 12.2. The van der Waals surface area contributed by atoms with Crippen molar-refractivity contribution in [3.8, 4) is 0 Å². The molecule has 5 nitrogen and oxygen atoms in total. The lowest BCUT2D eigenvalue weighted by atomic mass is 10.1. The molecule has 19 heavy (non-hydrogen) atoms. The fourth-order valence-corrected chi connectivity index (χ4v) is 1.79. The number of carbonyl (C=O) groups is 1. The zero-order valence-corrected chi connectivity index (χ0v) is 12.0. The van der Waals surface area contributed by atoms with E-state index in [4.69, 9.17) is 5.11 Å². The number of hydrogen-bond acceptors (Lipinski definition) is 3. The summed E-state index contributed by atoms with van der Waals surface area (Å²) in [7, 11) is 0. The monoisotopic (exact) mass is 266 g/mol. The van der Waals surface area contributed by atoms with Gasteiger partial charge in [0.2, 0.25) is 0 Å². The van der Waals surface area contributed by atoms with Crippen LogP contribution in [0.1, 0.15) is 51.3 Å². The van der Waals surface area contributed by atoms with Crippen LogP contribution in [0, 0.1) is 5.92 Å². The highest BCUT2D eigenvalue weighted by Gasteiger charge is 2.12. The predicted octanol–water partition coefficient (Wildman–Crippen LogP) is 2.04. The summed E-state index contributed by atoms with van der Waals surface area (Å²) in [5.74, 6) is -0.361. The highest BCUT2D eigenvalue weighted by Crippen LogP contribution is 2.12. The van der Waals surface area contributed by atoms with Crippen LogP contribution in [-0.2, 0) is 17.8 Å². The van der Waals surface area contributed by atoms with E-state index >= 15 is 0 Å². The number of hydrogen-bond donors (Lipinski definition) is 1. The molecule has 0 atom stereocenters. The Morgan fingerprint density at radius 3 is 2.47 bits per heavy atom. The maximum atomic E-state index is 12.2. The van der Waals surface area contributed by atoms with Crippen LogP contribution in [0.5, 0.6) is 0 Å². The van der Waals surface area contributed by atoms with Gasteiger partial charge in [-0.1, -0.05) is 27.7 Å². The van der Waals surface area contributed by atoms with Gasteiger partial charge in [-0.3, -0.25) is 9.59 Å². The van der Waals surface area contributed by atoms with Gasteiger partial charge in [0.1, 0.15) is 0 Å². The van der Waals surface area contributed by atoms with Crippen molar-refractivity contribution in [2.24, 2.45) is 5.92 Å². The van der Waals surface area contributed by atoms with Gasteiger partial charge >= 0.3 is 5.97 Å². The molecular formula is C14H22N2O3. The number of aliphatic carboxylic acids is 1. The molecule has 0 spiro atoms. The first-order valence-electron chi connectivity index (χ1n) is 6.64. The quantitative estimate of drug-likeness (QED) is 0.855. The first-order valence-corrected chi connectivity index (χ1v) is 6.64. The molecule has 1 N–H and O–H groups in total. The lowest BCUT2D eigenvalue weighted by molar-refractivity contribution is -0.136. The van der Waals surface area contributed by atoms with E-state index in [0.29, 0.717) is 18.0 Å². The van der Waals surface area contributed by atoms with Gasteiger partial charge in [0, 0.05) is 18.5 Å². The summed E-state index contributed by atoms with van der Waals surface area (Å²) in [6.45, 7) is 8.61. The van der Waals surface area contributed by atoms with Crippen LogP contribution in [0.2, 0.25) is 0 Å². The number of nitrogens with zero attached hydrogens (tertiary/aromatic N) is 2. The summed E-state index contributed by atoms with van der Waals surface area (Å²) in [6, 6.07) is 1.74. The first-order chi connectivity index (χ1) is 8.81. The number of carboxylic acids is 1. The molecule has 0 amide bonds. The van der Waals surface area contributed by atoms with Gasteiger partial charge < -0.3 is 5.11 Å². The average molecular weight is 266 g/mol. The lowest BCUT2D eigenvalue weighted by Gasteiger charge is -2.13. The smallest absolute Gasteiger partial charge is 0.303 e. The van der Waals surface area contributed by atoms with Crippen LogP contribution in [0.25, 0.3) is 0 Å². The molecule has 0 aliphatic heterocycles. The fourth-order valence-electron chi connectivity index (χ4n) is 1.79. The van der Waals surface area contributed by atoms with Crippen molar-refractivity contribution in [1.29, 1.82) is 0 Å². The highest BCUT2D eigenvalue weighted by molar-refractivity contribution is 5.67. The van der Waals surface area contributed by atoms with Crippen molar-refractivity contribution in [1.82, 2.24) is 9.78 Å². The van der Waals surface area contributed by atoms with E-state index in [9.17, 15) is 9.59 Å². The van der Waals surface area contributed by atoms with Crippen molar-refractivity contribution >= 4 is 5.97 Å². The number of aromatic nitrogens is 2. The Bertz CT molecular complexity index is 504. The molecule has 1 heterocycles. The van der Waals surface area contributed by atoms with Crippen molar-refractivity contribution in [2.45, 2.75) is 53.0 Å². The highest BCUT2D eigenvalue weighted by atomic mass is 16.4. The minimum Gasteiger partial charge on any atom is -0.481 e. The number of carboxylic acid groups (broad SMARTS) is 1. The summed E-state index contributed by atoms with van der Waals surface area (Å²) in [4.78, 5) is 22.8. The second-order valence-electron chi connectivity index (χ2n) is 5.52. The molecule has 0 unspecified atom stereocenters. The zero-order chi connectivity index (χ0) is 14.6. The van der Waals surface area contributed by atoms with Gasteiger partial charge in [-0.2, -0.15) is 5.10 Å². The van der Waals surface area contributed by atoms with Crippen LogP contribution < -0.4 is 5.56 Å². The van der Waals surface area contributed by atoms with Gasteiger partial charge in [-0.05, 0) is 24.3 Å². The van der Waals surface area contributed by atoms with Gasteiger partial charge in [-0.25, -0.2) is 4.68 Å². The molecule has 0 bridgehead atoms. The van der Waals surface area contributed by atoms with E-state index in [1.54, 1.807) is 6.07 Å². The fraction of sp³-hybridized carbons (Fsp3) is 0.643. The SMILES string of the molecule is CC(C)Cn1nc(C(C)C)cc(CCC(=O)O)c1=O. The van der Waals surface area contributed by atoms with Gasteiger partial charge in [0.25, 0.3) is 5.56 Å². The lowest BCUT2D eigenvalue weighted by Crippen LogP contribution is -2.29. The Hall–Kier alpha value is -1.65. The zero-order valence-electron chi connectivity index (χ0n) is 12.0. The molecule has 1 aromatic heterocycles. The Kier molecular flexibility index (Phi) is 5.27. The molecule has 0 aliphatic rings. The van der Waals surface area contributed by atoms with E-state index < -0.39 is 5.97 Å². The molecule has 0 saturated carbocycles. The van der Waals surface area contributed by atoms with Crippen molar-refractivity contribution < 1.29 is 9.90 Å². The number of aryl methyl sites for hydroxylation is 1. The molecule has 0 fully saturated rings. The summed E-state index contributed by atoms with van der Waals surface area (Å²) >= 11 is 0. The topological polar surface area (TPSA) is 72.2 Å². The Labute approximate surface area is 113 Å².